The van der Waals surface area contributed by atoms with Crippen LogP contribution in [-0.2, 0) is 0 Å². The molecule has 0 bridgehead atoms. The lowest BCUT2D eigenvalue weighted by Crippen LogP contribution is -2.26. The summed E-state index contributed by atoms with van der Waals surface area (Å²) in [7, 11) is 0. The van der Waals surface area contributed by atoms with E-state index in [4.69, 9.17) is 0 Å². The summed E-state index contributed by atoms with van der Waals surface area (Å²) in [6.45, 7) is 4.01. The predicted octanol–water partition coefficient (Wildman–Crippen LogP) is 3.48. The van der Waals surface area contributed by atoms with Gasteiger partial charge in [0.2, 0.25) is 5.95 Å². The van der Waals surface area contributed by atoms with E-state index >= 15 is 0 Å². The molecule has 6 heteroatoms. The number of nitrogens with zero attached hydrogens (tertiary/aromatic N) is 3. The van der Waals surface area contributed by atoms with Gasteiger partial charge in [-0.15, -0.1) is 11.3 Å². The van der Waals surface area contributed by atoms with Crippen molar-refractivity contribution in [1.82, 2.24) is 9.97 Å². The molecule has 1 saturated heterocycles. The zero-order valence-electron chi connectivity index (χ0n) is 12.7. The fraction of sp³-hybridized carbons (Fsp3) is 0.438. The summed E-state index contributed by atoms with van der Waals surface area (Å²) in [5.41, 5.74) is 0.634. The molecule has 1 amide bonds. The Balaban J connectivity index is 1.64. The van der Waals surface area contributed by atoms with E-state index in [9.17, 15) is 4.79 Å². The summed E-state index contributed by atoms with van der Waals surface area (Å²) in [6.07, 6.45) is 8.33. The van der Waals surface area contributed by atoms with Crippen LogP contribution in [0.4, 0.5) is 11.6 Å². The third-order valence-electron chi connectivity index (χ3n) is 3.75. The monoisotopic (exact) mass is 316 g/mol. The zero-order valence-corrected chi connectivity index (χ0v) is 13.5. The van der Waals surface area contributed by atoms with Crippen molar-refractivity contribution in [1.29, 1.82) is 0 Å². The van der Waals surface area contributed by atoms with E-state index in [2.05, 4.69) is 20.2 Å². The van der Waals surface area contributed by atoms with Gasteiger partial charge in [0.05, 0.1) is 23.0 Å². The van der Waals surface area contributed by atoms with Gasteiger partial charge in [-0.2, -0.15) is 0 Å². The third kappa shape index (κ3) is 3.62. The van der Waals surface area contributed by atoms with Crippen LogP contribution in [0, 0.1) is 6.92 Å². The largest absolute Gasteiger partial charge is 0.341 e. The first-order chi connectivity index (χ1) is 10.7. The van der Waals surface area contributed by atoms with E-state index in [0.717, 1.165) is 23.9 Å². The lowest BCUT2D eigenvalue weighted by molar-refractivity contribution is 0.103. The SMILES string of the molecule is Cc1ccc(C(=O)Nc2cnc(N3CCCCCC3)nc2)s1. The molecule has 0 radical (unpaired) electrons. The quantitative estimate of drug-likeness (QED) is 0.942. The molecule has 5 nitrogen and oxygen atoms in total. The molecule has 2 aromatic heterocycles. The van der Waals surface area contributed by atoms with Gasteiger partial charge in [-0.25, -0.2) is 9.97 Å². The van der Waals surface area contributed by atoms with Crippen molar-refractivity contribution in [2.24, 2.45) is 0 Å². The van der Waals surface area contributed by atoms with Crippen LogP contribution >= 0.6 is 11.3 Å². The maximum Gasteiger partial charge on any atom is 0.265 e. The molecule has 1 N–H and O–H groups in total. The van der Waals surface area contributed by atoms with Crippen molar-refractivity contribution in [3.05, 3.63) is 34.3 Å². The first-order valence-corrected chi connectivity index (χ1v) is 8.49. The van der Waals surface area contributed by atoms with Crippen LogP contribution in [0.5, 0.6) is 0 Å². The third-order valence-corrected chi connectivity index (χ3v) is 4.75. The number of rotatable bonds is 3. The van der Waals surface area contributed by atoms with Crippen molar-refractivity contribution in [3.63, 3.8) is 0 Å². The highest BCUT2D eigenvalue weighted by atomic mass is 32.1. The highest BCUT2D eigenvalue weighted by molar-refractivity contribution is 7.14. The van der Waals surface area contributed by atoms with Crippen LogP contribution in [0.3, 0.4) is 0 Å². The molecular weight excluding hydrogens is 296 g/mol. The second kappa shape index (κ2) is 6.87. The number of amides is 1. The predicted molar refractivity (Wildman–Crippen MR) is 89.7 cm³/mol. The number of carbonyl (C=O) groups excluding carboxylic acids is 1. The average molecular weight is 316 g/mol. The summed E-state index contributed by atoms with van der Waals surface area (Å²) >= 11 is 1.48. The van der Waals surface area contributed by atoms with Crippen LogP contribution in [0.2, 0.25) is 0 Å². The van der Waals surface area contributed by atoms with Crippen molar-refractivity contribution < 1.29 is 4.79 Å². The number of hydrogen-bond acceptors (Lipinski definition) is 5. The number of hydrogen-bond donors (Lipinski definition) is 1. The van der Waals surface area contributed by atoms with Crippen LogP contribution in [0.1, 0.15) is 40.2 Å². The second-order valence-corrected chi connectivity index (χ2v) is 6.83. The Morgan fingerprint density at radius 1 is 1.14 bits per heavy atom. The lowest BCUT2D eigenvalue weighted by atomic mass is 10.2. The van der Waals surface area contributed by atoms with E-state index in [0.29, 0.717) is 10.6 Å². The van der Waals surface area contributed by atoms with Crippen LogP contribution < -0.4 is 10.2 Å². The van der Waals surface area contributed by atoms with Gasteiger partial charge < -0.3 is 10.2 Å². The van der Waals surface area contributed by atoms with E-state index in [1.54, 1.807) is 12.4 Å². The molecule has 1 fully saturated rings. The molecule has 0 spiro atoms. The van der Waals surface area contributed by atoms with Crippen molar-refractivity contribution >= 4 is 28.9 Å². The molecule has 3 rings (SSSR count). The summed E-state index contributed by atoms with van der Waals surface area (Å²) in [6, 6.07) is 3.78. The van der Waals surface area contributed by atoms with Gasteiger partial charge in [-0.3, -0.25) is 4.79 Å². The molecule has 116 valence electrons. The number of anilines is 2. The Morgan fingerprint density at radius 2 is 1.82 bits per heavy atom. The summed E-state index contributed by atoms with van der Waals surface area (Å²) in [4.78, 5) is 24.9. The van der Waals surface area contributed by atoms with Gasteiger partial charge in [-0.1, -0.05) is 12.8 Å². The van der Waals surface area contributed by atoms with E-state index < -0.39 is 0 Å². The Bertz CT molecular complexity index is 630. The Labute approximate surface area is 134 Å². The zero-order chi connectivity index (χ0) is 15.4. The maximum absolute atomic E-state index is 12.1. The van der Waals surface area contributed by atoms with Crippen LogP contribution in [0.15, 0.2) is 24.5 Å². The Morgan fingerprint density at radius 3 is 2.41 bits per heavy atom. The van der Waals surface area contributed by atoms with Gasteiger partial charge in [0.25, 0.3) is 5.91 Å². The van der Waals surface area contributed by atoms with Crippen LogP contribution in [0.25, 0.3) is 0 Å². The van der Waals surface area contributed by atoms with Gasteiger partial charge in [0.15, 0.2) is 0 Å². The van der Waals surface area contributed by atoms with Gasteiger partial charge in [0.1, 0.15) is 0 Å². The first-order valence-electron chi connectivity index (χ1n) is 7.67. The molecule has 0 aromatic carbocycles. The fourth-order valence-corrected chi connectivity index (χ4v) is 3.33. The summed E-state index contributed by atoms with van der Waals surface area (Å²) in [5, 5.41) is 2.84. The Kier molecular flexibility index (Phi) is 4.68. The molecular formula is C16H20N4OS. The number of aryl methyl sites for hydroxylation is 1. The standard InChI is InChI=1S/C16H20N4OS/c1-12-6-7-14(22-12)15(21)19-13-10-17-16(18-11-13)20-8-4-2-3-5-9-20/h6-7,10-11H,2-5,8-9H2,1H3,(H,19,21). The number of aromatic nitrogens is 2. The van der Waals surface area contributed by atoms with E-state index in [1.807, 2.05) is 19.1 Å². The van der Waals surface area contributed by atoms with Crippen molar-refractivity contribution in [3.8, 4) is 0 Å². The summed E-state index contributed by atoms with van der Waals surface area (Å²) in [5.74, 6) is 0.649. The molecule has 0 saturated carbocycles. The fourth-order valence-electron chi connectivity index (χ4n) is 2.57. The molecule has 1 aliphatic rings. The number of thiophene rings is 1. The molecule has 1 aliphatic heterocycles. The maximum atomic E-state index is 12.1. The normalized spacial score (nSPS) is 15.4. The molecule has 0 aliphatic carbocycles. The van der Waals surface area contributed by atoms with Crippen molar-refractivity contribution in [2.75, 3.05) is 23.3 Å². The van der Waals surface area contributed by atoms with Crippen LogP contribution in [-0.4, -0.2) is 29.0 Å². The topological polar surface area (TPSA) is 58.1 Å². The smallest absolute Gasteiger partial charge is 0.265 e. The highest BCUT2D eigenvalue weighted by Gasteiger charge is 2.13. The number of carbonyl (C=O) groups is 1. The van der Waals surface area contributed by atoms with Gasteiger partial charge in [0, 0.05) is 18.0 Å². The molecule has 22 heavy (non-hydrogen) atoms. The van der Waals surface area contributed by atoms with E-state index in [-0.39, 0.29) is 5.91 Å². The minimum absolute atomic E-state index is 0.107. The lowest BCUT2D eigenvalue weighted by Gasteiger charge is -2.19. The van der Waals surface area contributed by atoms with E-state index in [1.165, 1.54) is 37.0 Å². The average Bonchev–Trinajstić information content (AvgIpc) is 2.80. The Hall–Kier alpha value is -1.95. The number of nitrogens with one attached hydrogen (secondary N) is 1. The van der Waals surface area contributed by atoms with Crippen molar-refractivity contribution in [2.45, 2.75) is 32.6 Å². The first kappa shape index (κ1) is 15.0. The van der Waals surface area contributed by atoms with Gasteiger partial charge >= 0.3 is 0 Å². The van der Waals surface area contributed by atoms with Gasteiger partial charge in [-0.05, 0) is 31.9 Å². The molecule has 0 atom stereocenters. The minimum Gasteiger partial charge on any atom is -0.341 e. The molecule has 0 unspecified atom stereocenters. The molecule has 3 heterocycles. The summed E-state index contributed by atoms with van der Waals surface area (Å²) < 4.78 is 0. The highest BCUT2D eigenvalue weighted by Crippen LogP contribution is 2.18. The second-order valence-electron chi connectivity index (χ2n) is 5.54. The minimum atomic E-state index is -0.107. The molecule has 2 aromatic rings.